The van der Waals surface area contributed by atoms with Gasteiger partial charge in [-0.05, 0) is 41.5 Å². The summed E-state index contributed by atoms with van der Waals surface area (Å²) in [7, 11) is 0. The molecule has 0 bridgehead atoms. The van der Waals surface area contributed by atoms with Gasteiger partial charge in [0.05, 0.1) is 12.6 Å². The summed E-state index contributed by atoms with van der Waals surface area (Å²) in [4.78, 5) is 14.3. The molecular weight excluding hydrogens is 360 g/mol. The molecule has 0 saturated heterocycles. The maximum absolute atomic E-state index is 14.3. The van der Waals surface area contributed by atoms with Gasteiger partial charge in [-0.2, -0.15) is 0 Å². The molecule has 1 aliphatic rings. The Labute approximate surface area is 161 Å². The highest BCUT2D eigenvalue weighted by Gasteiger charge is 2.33. The quantitative estimate of drug-likeness (QED) is 0.594. The molecule has 0 saturated carbocycles. The van der Waals surface area contributed by atoms with Crippen LogP contribution in [-0.4, -0.2) is 17.5 Å². The maximum atomic E-state index is 14.3. The minimum Gasteiger partial charge on any atom is -0.410 e. The molecule has 4 rings (SSSR count). The van der Waals surface area contributed by atoms with Crippen LogP contribution in [0.15, 0.2) is 84.9 Å². The molecule has 3 aromatic rings. The van der Waals surface area contributed by atoms with Crippen LogP contribution in [0.1, 0.15) is 17.2 Å². The molecule has 1 atom stereocenters. The molecule has 140 valence electrons. The Morgan fingerprint density at radius 2 is 1.61 bits per heavy atom. The number of hydrogen-bond donors (Lipinski definition) is 0. The summed E-state index contributed by atoms with van der Waals surface area (Å²) in [5, 5.41) is 0. The van der Waals surface area contributed by atoms with Gasteiger partial charge in [-0.15, -0.1) is 0 Å². The second-order valence-electron chi connectivity index (χ2n) is 6.48. The Hall–Kier alpha value is -3.47. The Morgan fingerprint density at radius 1 is 0.929 bits per heavy atom. The van der Waals surface area contributed by atoms with Crippen molar-refractivity contribution in [2.45, 2.75) is 6.04 Å². The molecule has 3 aromatic carbocycles. The molecule has 0 aromatic heterocycles. The minimum absolute atomic E-state index is 0.117. The summed E-state index contributed by atoms with van der Waals surface area (Å²) in [5.41, 5.74) is 1.55. The number of carbonyl (C=O) groups is 1. The first-order valence-electron chi connectivity index (χ1n) is 8.86. The van der Waals surface area contributed by atoms with E-state index in [0.29, 0.717) is 11.3 Å². The van der Waals surface area contributed by atoms with E-state index < -0.39 is 23.8 Å². The molecule has 0 spiro atoms. The average Bonchev–Trinajstić information content (AvgIpc) is 3.17. The Balaban J connectivity index is 1.68. The van der Waals surface area contributed by atoms with Gasteiger partial charge in [0.1, 0.15) is 17.4 Å². The molecule has 3 nitrogen and oxygen atoms in total. The smallest absolute Gasteiger partial charge is 0.410 e. The average molecular weight is 377 g/mol. The summed E-state index contributed by atoms with van der Waals surface area (Å²) >= 11 is 0. The van der Waals surface area contributed by atoms with E-state index in [1.807, 2.05) is 36.4 Å². The van der Waals surface area contributed by atoms with Crippen molar-refractivity contribution in [3.8, 4) is 5.75 Å². The topological polar surface area (TPSA) is 29.5 Å². The molecule has 0 N–H and O–H groups in total. The zero-order chi connectivity index (χ0) is 19.5. The van der Waals surface area contributed by atoms with Crippen LogP contribution < -0.4 is 4.74 Å². The molecule has 0 aliphatic carbocycles. The lowest BCUT2D eigenvalue weighted by Crippen LogP contribution is -2.34. The number of benzene rings is 3. The zero-order valence-electron chi connectivity index (χ0n) is 14.9. The van der Waals surface area contributed by atoms with Gasteiger partial charge in [-0.1, -0.05) is 54.6 Å². The normalized spacial score (nSPS) is 16.0. The maximum Gasteiger partial charge on any atom is 0.416 e. The highest BCUT2D eigenvalue weighted by molar-refractivity contribution is 5.80. The fourth-order valence-corrected chi connectivity index (χ4v) is 3.29. The van der Waals surface area contributed by atoms with Crippen molar-refractivity contribution >= 4 is 11.7 Å². The molecular formula is C23H17F2NO2. The third-order valence-electron chi connectivity index (χ3n) is 4.63. The van der Waals surface area contributed by atoms with Gasteiger partial charge in [0.2, 0.25) is 0 Å². The van der Waals surface area contributed by atoms with Gasteiger partial charge in [0, 0.05) is 5.56 Å². The zero-order valence-corrected chi connectivity index (χ0v) is 14.9. The predicted molar refractivity (Wildman–Crippen MR) is 103 cm³/mol. The molecule has 1 unspecified atom stereocenters. The number of amides is 1. The lowest BCUT2D eigenvalue weighted by atomic mass is 10.0. The van der Waals surface area contributed by atoms with Gasteiger partial charge >= 0.3 is 6.09 Å². The monoisotopic (exact) mass is 377 g/mol. The van der Waals surface area contributed by atoms with E-state index in [9.17, 15) is 13.6 Å². The molecule has 1 amide bonds. The Bertz CT molecular complexity index is 1020. The standard InChI is InChI=1S/C23H17F2NO2/c24-18-11-12-21(25)20(14-18)17-13-22(16-7-3-1-4-8-16)26(15-17)23(27)28-19-9-5-2-6-10-19/h1-14,22H,15H2. The van der Waals surface area contributed by atoms with Crippen LogP contribution in [0.5, 0.6) is 5.75 Å². The fourth-order valence-electron chi connectivity index (χ4n) is 3.29. The second kappa shape index (κ2) is 7.64. The first-order chi connectivity index (χ1) is 13.6. The Kier molecular flexibility index (Phi) is 4.89. The number of ether oxygens (including phenoxy) is 1. The van der Waals surface area contributed by atoms with Crippen molar-refractivity contribution in [2.24, 2.45) is 0 Å². The summed E-state index contributed by atoms with van der Waals surface area (Å²) in [6.45, 7) is 0.117. The summed E-state index contributed by atoms with van der Waals surface area (Å²) < 4.78 is 33.4. The third-order valence-corrected chi connectivity index (χ3v) is 4.63. The molecule has 0 fully saturated rings. The van der Waals surface area contributed by atoms with Crippen molar-refractivity contribution in [3.05, 3.63) is 108 Å². The predicted octanol–water partition coefficient (Wildman–Crippen LogP) is 5.60. The number of para-hydroxylation sites is 1. The van der Waals surface area contributed by atoms with Gasteiger partial charge < -0.3 is 4.74 Å². The molecule has 1 aliphatic heterocycles. The van der Waals surface area contributed by atoms with Crippen molar-refractivity contribution < 1.29 is 18.3 Å². The molecule has 0 radical (unpaired) electrons. The largest absolute Gasteiger partial charge is 0.416 e. The lowest BCUT2D eigenvalue weighted by molar-refractivity contribution is 0.151. The minimum atomic E-state index is -0.553. The highest BCUT2D eigenvalue weighted by Crippen LogP contribution is 2.36. The van der Waals surface area contributed by atoms with Crippen molar-refractivity contribution in [3.63, 3.8) is 0 Å². The number of nitrogens with zero attached hydrogens (tertiary/aromatic N) is 1. The summed E-state index contributed by atoms with van der Waals surface area (Å²) in [5.74, 6) is -0.638. The van der Waals surface area contributed by atoms with E-state index in [0.717, 1.165) is 23.8 Å². The van der Waals surface area contributed by atoms with Gasteiger partial charge in [-0.3, -0.25) is 4.90 Å². The van der Waals surface area contributed by atoms with Crippen LogP contribution in [0.3, 0.4) is 0 Å². The van der Waals surface area contributed by atoms with Crippen molar-refractivity contribution in [2.75, 3.05) is 6.54 Å². The number of rotatable bonds is 3. The number of hydrogen-bond acceptors (Lipinski definition) is 2. The number of carbonyl (C=O) groups excluding carboxylic acids is 1. The van der Waals surface area contributed by atoms with Crippen LogP contribution in [0, 0.1) is 11.6 Å². The van der Waals surface area contributed by atoms with Crippen LogP contribution in [0.25, 0.3) is 5.57 Å². The van der Waals surface area contributed by atoms with E-state index in [2.05, 4.69) is 0 Å². The SMILES string of the molecule is O=C(Oc1ccccc1)N1CC(c2cc(F)ccc2F)=CC1c1ccccc1. The van der Waals surface area contributed by atoms with E-state index in [4.69, 9.17) is 4.74 Å². The Morgan fingerprint density at radius 3 is 2.32 bits per heavy atom. The first kappa shape index (κ1) is 17.9. The summed E-state index contributed by atoms with van der Waals surface area (Å²) in [6.07, 6.45) is 1.22. The third kappa shape index (κ3) is 3.64. The van der Waals surface area contributed by atoms with Crippen LogP contribution in [0.2, 0.25) is 0 Å². The van der Waals surface area contributed by atoms with Crippen LogP contribution >= 0.6 is 0 Å². The molecule has 28 heavy (non-hydrogen) atoms. The van der Waals surface area contributed by atoms with E-state index >= 15 is 0 Å². The van der Waals surface area contributed by atoms with Gasteiger partial charge in [0.15, 0.2) is 0 Å². The lowest BCUT2D eigenvalue weighted by Gasteiger charge is -2.24. The summed E-state index contributed by atoms with van der Waals surface area (Å²) in [6, 6.07) is 21.0. The molecule has 5 heteroatoms. The van der Waals surface area contributed by atoms with E-state index in [-0.39, 0.29) is 12.1 Å². The van der Waals surface area contributed by atoms with Crippen molar-refractivity contribution in [1.82, 2.24) is 4.90 Å². The highest BCUT2D eigenvalue weighted by atomic mass is 19.1. The van der Waals surface area contributed by atoms with Gasteiger partial charge in [0.25, 0.3) is 0 Å². The fraction of sp³-hybridized carbons (Fsp3) is 0.0870. The van der Waals surface area contributed by atoms with Crippen LogP contribution in [0.4, 0.5) is 13.6 Å². The first-order valence-corrected chi connectivity index (χ1v) is 8.86. The van der Waals surface area contributed by atoms with Crippen molar-refractivity contribution in [1.29, 1.82) is 0 Å². The second-order valence-corrected chi connectivity index (χ2v) is 6.48. The van der Waals surface area contributed by atoms with Crippen LogP contribution in [-0.2, 0) is 0 Å². The van der Waals surface area contributed by atoms with Gasteiger partial charge in [-0.25, -0.2) is 13.6 Å². The molecule has 1 heterocycles. The van der Waals surface area contributed by atoms with E-state index in [1.165, 1.54) is 4.90 Å². The number of halogens is 2. The van der Waals surface area contributed by atoms with E-state index in [1.54, 1.807) is 30.3 Å².